The van der Waals surface area contributed by atoms with Gasteiger partial charge in [-0.15, -0.1) is 0 Å². The molecule has 2 aromatic rings. The van der Waals surface area contributed by atoms with Gasteiger partial charge in [-0.25, -0.2) is 22.2 Å². The van der Waals surface area contributed by atoms with Crippen LogP contribution < -0.4 is 4.74 Å². The van der Waals surface area contributed by atoms with Crippen LogP contribution in [0.5, 0.6) is 5.88 Å². The lowest BCUT2D eigenvalue weighted by atomic mass is 10.1. The van der Waals surface area contributed by atoms with E-state index in [9.17, 15) is 17.2 Å². The fraction of sp³-hybridized carbons (Fsp3) is 0.375. The smallest absolute Gasteiger partial charge is 0.232 e. The molecule has 134 valence electrons. The van der Waals surface area contributed by atoms with Crippen molar-refractivity contribution in [1.82, 2.24) is 14.3 Å². The number of hydrogen-bond acceptors (Lipinski definition) is 5. The molecule has 3 rings (SSSR count). The molecule has 0 radical (unpaired) electrons. The number of halogens is 2. The predicted octanol–water partition coefficient (Wildman–Crippen LogP) is 2.13. The van der Waals surface area contributed by atoms with E-state index in [1.807, 2.05) is 0 Å². The highest BCUT2D eigenvalue weighted by molar-refractivity contribution is 7.88. The third-order valence-electron chi connectivity index (χ3n) is 3.83. The van der Waals surface area contributed by atoms with Crippen LogP contribution in [0.15, 0.2) is 36.8 Å². The van der Waals surface area contributed by atoms with Crippen molar-refractivity contribution in [1.29, 1.82) is 0 Å². The summed E-state index contributed by atoms with van der Waals surface area (Å²) >= 11 is 0. The molecule has 1 aromatic carbocycles. The molecule has 25 heavy (non-hydrogen) atoms. The molecular weight excluding hydrogens is 352 g/mol. The van der Waals surface area contributed by atoms with Crippen molar-refractivity contribution in [2.75, 3.05) is 13.1 Å². The summed E-state index contributed by atoms with van der Waals surface area (Å²) in [4.78, 5) is 7.91. The number of aromatic nitrogens is 2. The average Bonchev–Trinajstić information content (AvgIpc) is 2.54. The van der Waals surface area contributed by atoms with Gasteiger partial charge < -0.3 is 4.74 Å². The SMILES string of the molecule is O=S(=O)(Cc1cc(F)cc(F)c1)N1CCCC(Oc2cnccn2)C1. The molecular formula is C16H17F2N3O3S. The van der Waals surface area contributed by atoms with Crippen LogP contribution >= 0.6 is 0 Å². The highest BCUT2D eigenvalue weighted by Gasteiger charge is 2.30. The van der Waals surface area contributed by atoms with E-state index in [0.29, 0.717) is 31.3 Å². The Bertz CT molecular complexity index is 814. The first-order chi connectivity index (χ1) is 11.9. The van der Waals surface area contributed by atoms with Crippen molar-refractivity contribution in [3.05, 3.63) is 54.0 Å². The van der Waals surface area contributed by atoms with Gasteiger partial charge in [0, 0.05) is 25.0 Å². The second-order valence-electron chi connectivity index (χ2n) is 5.82. The minimum absolute atomic E-state index is 0.0782. The molecule has 0 saturated carbocycles. The van der Waals surface area contributed by atoms with Gasteiger partial charge in [-0.05, 0) is 30.5 Å². The zero-order chi connectivity index (χ0) is 17.9. The van der Waals surface area contributed by atoms with Crippen molar-refractivity contribution in [2.45, 2.75) is 24.7 Å². The fourth-order valence-electron chi connectivity index (χ4n) is 2.77. The Kier molecular flexibility index (Phi) is 5.24. The van der Waals surface area contributed by atoms with Crippen LogP contribution in [0.3, 0.4) is 0 Å². The summed E-state index contributed by atoms with van der Waals surface area (Å²) < 4.78 is 58.6. The van der Waals surface area contributed by atoms with E-state index in [2.05, 4.69) is 9.97 Å². The Labute approximate surface area is 144 Å². The Morgan fingerprint density at radius 2 is 1.96 bits per heavy atom. The Hall–Kier alpha value is -2.13. The maximum absolute atomic E-state index is 13.3. The molecule has 2 heterocycles. The van der Waals surface area contributed by atoms with E-state index < -0.39 is 27.4 Å². The van der Waals surface area contributed by atoms with E-state index in [0.717, 1.165) is 12.1 Å². The number of nitrogens with zero attached hydrogens (tertiary/aromatic N) is 3. The maximum atomic E-state index is 13.3. The first-order valence-electron chi connectivity index (χ1n) is 7.78. The highest BCUT2D eigenvalue weighted by atomic mass is 32.2. The van der Waals surface area contributed by atoms with E-state index >= 15 is 0 Å². The van der Waals surface area contributed by atoms with Gasteiger partial charge in [-0.3, -0.25) is 4.98 Å². The summed E-state index contributed by atoms with van der Waals surface area (Å²) in [5.74, 6) is -1.72. The molecule has 0 spiro atoms. The molecule has 1 aliphatic rings. The number of rotatable bonds is 5. The van der Waals surface area contributed by atoms with Crippen LogP contribution in [0.1, 0.15) is 18.4 Å². The second-order valence-corrected chi connectivity index (χ2v) is 7.79. The van der Waals surface area contributed by atoms with Gasteiger partial charge in [0.25, 0.3) is 0 Å². The normalized spacial score (nSPS) is 18.9. The molecule has 1 aromatic heterocycles. The molecule has 0 amide bonds. The zero-order valence-corrected chi connectivity index (χ0v) is 14.1. The summed E-state index contributed by atoms with van der Waals surface area (Å²) in [7, 11) is -3.71. The van der Waals surface area contributed by atoms with Crippen LogP contribution in [0.2, 0.25) is 0 Å². The van der Waals surface area contributed by atoms with Gasteiger partial charge in [0.15, 0.2) is 0 Å². The van der Waals surface area contributed by atoms with Gasteiger partial charge >= 0.3 is 0 Å². The molecule has 1 fully saturated rings. The lowest BCUT2D eigenvalue weighted by Crippen LogP contribution is -2.44. The van der Waals surface area contributed by atoms with Crippen LogP contribution in [0.25, 0.3) is 0 Å². The lowest BCUT2D eigenvalue weighted by Gasteiger charge is -2.31. The number of hydrogen-bond donors (Lipinski definition) is 0. The lowest BCUT2D eigenvalue weighted by molar-refractivity contribution is 0.124. The zero-order valence-electron chi connectivity index (χ0n) is 13.3. The van der Waals surface area contributed by atoms with E-state index in [-0.39, 0.29) is 18.2 Å². The van der Waals surface area contributed by atoms with Crippen molar-refractivity contribution in [3.63, 3.8) is 0 Å². The van der Waals surface area contributed by atoms with Crippen LogP contribution in [0, 0.1) is 11.6 Å². The molecule has 6 nitrogen and oxygen atoms in total. The Morgan fingerprint density at radius 3 is 2.64 bits per heavy atom. The monoisotopic (exact) mass is 369 g/mol. The van der Waals surface area contributed by atoms with Crippen molar-refractivity contribution in [3.8, 4) is 5.88 Å². The summed E-state index contributed by atoms with van der Waals surface area (Å²) in [5.41, 5.74) is 0.0782. The fourth-order valence-corrected chi connectivity index (χ4v) is 4.34. The topological polar surface area (TPSA) is 72.4 Å². The number of piperidine rings is 1. The highest BCUT2D eigenvalue weighted by Crippen LogP contribution is 2.21. The number of ether oxygens (including phenoxy) is 1. The third kappa shape index (κ3) is 4.70. The molecule has 1 saturated heterocycles. The maximum Gasteiger partial charge on any atom is 0.232 e. The molecule has 0 aliphatic carbocycles. The van der Waals surface area contributed by atoms with Crippen LogP contribution in [0.4, 0.5) is 8.78 Å². The molecule has 9 heteroatoms. The standard InChI is InChI=1S/C16H17F2N3O3S/c17-13-6-12(7-14(18)8-13)11-25(22,23)21-5-1-2-15(10-21)24-16-9-19-3-4-20-16/h3-4,6-9,15H,1-2,5,10-11H2. The number of sulfonamides is 1. The summed E-state index contributed by atoms with van der Waals surface area (Å²) in [5, 5.41) is 0. The van der Waals surface area contributed by atoms with Crippen LogP contribution in [-0.4, -0.2) is 41.9 Å². The van der Waals surface area contributed by atoms with E-state index in [1.54, 1.807) is 0 Å². The molecule has 1 atom stereocenters. The van der Waals surface area contributed by atoms with Crippen LogP contribution in [-0.2, 0) is 15.8 Å². The first kappa shape index (κ1) is 17.7. The second kappa shape index (κ2) is 7.40. The third-order valence-corrected chi connectivity index (χ3v) is 5.65. The average molecular weight is 369 g/mol. The Balaban J connectivity index is 1.69. The molecule has 0 bridgehead atoms. The van der Waals surface area contributed by atoms with Crippen molar-refractivity contribution >= 4 is 10.0 Å². The summed E-state index contributed by atoms with van der Waals surface area (Å²) in [6.07, 6.45) is 5.44. The molecule has 0 N–H and O–H groups in total. The predicted molar refractivity (Wildman–Crippen MR) is 86.2 cm³/mol. The number of benzene rings is 1. The minimum Gasteiger partial charge on any atom is -0.472 e. The molecule has 1 unspecified atom stereocenters. The minimum atomic E-state index is -3.71. The molecule has 1 aliphatic heterocycles. The van der Waals surface area contributed by atoms with Gasteiger partial charge in [0.05, 0.1) is 18.5 Å². The van der Waals surface area contributed by atoms with Crippen molar-refractivity contribution < 1.29 is 21.9 Å². The first-order valence-corrected chi connectivity index (χ1v) is 9.39. The van der Waals surface area contributed by atoms with Gasteiger partial charge in [0.1, 0.15) is 17.7 Å². The van der Waals surface area contributed by atoms with Gasteiger partial charge in [-0.1, -0.05) is 0 Å². The largest absolute Gasteiger partial charge is 0.472 e. The van der Waals surface area contributed by atoms with Crippen molar-refractivity contribution in [2.24, 2.45) is 0 Å². The van der Waals surface area contributed by atoms with E-state index in [4.69, 9.17) is 4.74 Å². The quantitative estimate of drug-likeness (QED) is 0.807. The summed E-state index contributed by atoms with van der Waals surface area (Å²) in [6.45, 7) is 0.511. The van der Waals surface area contributed by atoms with E-state index in [1.165, 1.54) is 22.9 Å². The van der Waals surface area contributed by atoms with Gasteiger partial charge in [-0.2, -0.15) is 4.31 Å². The summed E-state index contributed by atoms with van der Waals surface area (Å²) in [6, 6.07) is 2.76. The Morgan fingerprint density at radius 1 is 1.20 bits per heavy atom. The van der Waals surface area contributed by atoms with Gasteiger partial charge in [0.2, 0.25) is 15.9 Å².